The molecule has 28 heavy (non-hydrogen) atoms. The Morgan fingerprint density at radius 1 is 1.18 bits per heavy atom. The van der Waals surface area contributed by atoms with Crippen LogP contribution in [0.15, 0.2) is 30.3 Å². The fraction of sp³-hybridized carbons (Fsp3) is 0.409. The molecule has 0 radical (unpaired) electrons. The van der Waals surface area contributed by atoms with Crippen molar-refractivity contribution in [1.82, 2.24) is 19.4 Å². The number of methoxy groups -OCH3 is 1. The van der Waals surface area contributed by atoms with E-state index in [-0.39, 0.29) is 11.9 Å². The number of aromatic nitrogens is 3. The molecule has 0 bridgehead atoms. The maximum atomic E-state index is 13.5. The molecule has 1 aromatic carbocycles. The van der Waals surface area contributed by atoms with Crippen molar-refractivity contribution >= 4 is 16.9 Å². The zero-order chi connectivity index (χ0) is 19.3. The second-order valence-corrected chi connectivity index (χ2v) is 7.68. The van der Waals surface area contributed by atoms with E-state index in [0.717, 1.165) is 61.2 Å². The Hall–Kier alpha value is -2.89. The minimum Gasteiger partial charge on any atom is -0.480 e. The third-order valence-electron chi connectivity index (χ3n) is 6.07. The molecule has 1 aliphatic heterocycles. The maximum absolute atomic E-state index is 13.5. The Morgan fingerprint density at radius 2 is 2.04 bits per heavy atom. The van der Waals surface area contributed by atoms with Crippen molar-refractivity contribution in [2.45, 2.75) is 38.1 Å². The van der Waals surface area contributed by atoms with E-state index < -0.39 is 0 Å². The molecule has 6 nitrogen and oxygen atoms in total. The van der Waals surface area contributed by atoms with Gasteiger partial charge in [-0.15, -0.1) is 0 Å². The van der Waals surface area contributed by atoms with Gasteiger partial charge in [-0.05, 0) is 55.9 Å². The van der Waals surface area contributed by atoms with E-state index in [1.54, 1.807) is 7.11 Å². The molecule has 0 saturated carbocycles. The van der Waals surface area contributed by atoms with Crippen LogP contribution >= 0.6 is 0 Å². The lowest BCUT2D eigenvalue weighted by Crippen LogP contribution is -2.32. The Labute approximate surface area is 164 Å². The summed E-state index contributed by atoms with van der Waals surface area (Å²) in [4.78, 5) is 24.9. The second kappa shape index (κ2) is 6.62. The molecule has 3 aromatic rings. The number of rotatable bonds is 3. The molecule has 0 spiro atoms. The second-order valence-electron chi connectivity index (χ2n) is 7.68. The normalized spacial score (nSPS) is 18.6. The van der Waals surface area contributed by atoms with Crippen LogP contribution in [0.1, 0.15) is 52.7 Å². The van der Waals surface area contributed by atoms with E-state index in [1.807, 2.05) is 36.2 Å². The SMILES string of the molecule is COc1nc2c(cc1C(=O)N1CCC[C@H]1c1nc3ccccc3n1C)CCC2. The molecule has 2 aromatic heterocycles. The van der Waals surface area contributed by atoms with Gasteiger partial charge in [0, 0.05) is 19.3 Å². The topological polar surface area (TPSA) is 60.2 Å². The van der Waals surface area contributed by atoms with Crippen molar-refractivity contribution in [2.75, 3.05) is 13.7 Å². The molecule has 1 amide bonds. The maximum Gasteiger partial charge on any atom is 0.259 e. The van der Waals surface area contributed by atoms with Crippen LogP contribution in [0.5, 0.6) is 5.88 Å². The van der Waals surface area contributed by atoms with Crippen LogP contribution in [0.2, 0.25) is 0 Å². The summed E-state index contributed by atoms with van der Waals surface area (Å²) in [5, 5.41) is 0. The molecular formula is C22H24N4O2. The molecule has 2 aliphatic rings. The van der Waals surface area contributed by atoms with Gasteiger partial charge in [0.1, 0.15) is 11.4 Å². The van der Waals surface area contributed by atoms with E-state index in [2.05, 4.69) is 15.6 Å². The number of benzene rings is 1. The predicted molar refractivity (Wildman–Crippen MR) is 107 cm³/mol. The number of imidazole rings is 1. The Bertz CT molecular complexity index is 1070. The van der Waals surface area contributed by atoms with Crippen LogP contribution in [0.25, 0.3) is 11.0 Å². The molecule has 144 valence electrons. The standard InChI is InChI=1S/C22H24N4O2/c1-25-18-10-4-3-8-17(18)23-20(25)19-11-6-12-26(19)22(27)15-13-14-7-5-9-16(14)24-21(15)28-2/h3-4,8,10,13,19H,5-7,9,11-12H2,1-2H3/t19-/m0/s1. The monoisotopic (exact) mass is 376 g/mol. The van der Waals surface area contributed by atoms with Crippen molar-refractivity contribution < 1.29 is 9.53 Å². The minimum absolute atomic E-state index is 0.00592. The molecule has 0 unspecified atom stereocenters. The number of hydrogen-bond acceptors (Lipinski definition) is 4. The third-order valence-corrected chi connectivity index (χ3v) is 6.07. The van der Waals surface area contributed by atoms with Gasteiger partial charge < -0.3 is 14.2 Å². The van der Waals surface area contributed by atoms with E-state index in [9.17, 15) is 4.79 Å². The first kappa shape index (κ1) is 17.2. The molecule has 3 heterocycles. The number of carbonyl (C=O) groups is 1. The minimum atomic E-state index is -0.0251. The van der Waals surface area contributed by atoms with Crippen LogP contribution in [0.3, 0.4) is 0 Å². The molecular weight excluding hydrogens is 352 g/mol. The van der Waals surface area contributed by atoms with Gasteiger partial charge in [0.25, 0.3) is 5.91 Å². The highest BCUT2D eigenvalue weighted by Gasteiger charge is 2.35. The first-order valence-corrected chi connectivity index (χ1v) is 9.96. The molecule has 1 fully saturated rings. The molecule has 0 N–H and O–H groups in total. The van der Waals surface area contributed by atoms with Crippen molar-refractivity contribution in [2.24, 2.45) is 7.05 Å². The molecule has 1 saturated heterocycles. The van der Waals surface area contributed by atoms with Gasteiger partial charge in [-0.2, -0.15) is 0 Å². The van der Waals surface area contributed by atoms with E-state index in [0.29, 0.717) is 11.4 Å². The van der Waals surface area contributed by atoms with Gasteiger partial charge >= 0.3 is 0 Å². The highest BCUT2D eigenvalue weighted by Crippen LogP contribution is 2.36. The number of likely N-dealkylation sites (tertiary alicyclic amines) is 1. The van der Waals surface area contributed by atoms with Crippen molar-refractivity contribution in [3.05, 3.63) is 53.0 Å². The lowest BCUT2D eigenvalue weighted by Gasteiger charge is -2.25. The van der Waals surface area contributed by atoms with E-state index in [1.165, 1.54) is 5.56 Å². The Balaban J connectivity index is 1.53. The van der Waals surface area contributed by atoms with Crippen molar-refractivity contribution in [3.8, 4) is 5.88 Å². The van der Waals surface area contributed by atoms with Gasteiger partial charge in [0.2, 0.25) is 5.88 Å². The average molecular weight is 376 g/mol. The zero-order valence-corrected chi connectivity index (χ0v) is 16.3. The summed E-state index contributed by atoms with van der Waals surface area (Å²) in [6.07, 6.45) is 4.94. The van der Waals surface area contributed by atoms with Crippen LogP contribution in [-0.2, 0) is 19.9 Å². The summed E-state index contributed by atoms with van der Waals surface area (Å²) in [5.74, 6) is 1.38. The Kier molecular flexibility index (Phi) is 4.07. The summed E-state index contributed by atoms with van der Waals surface area (Å²) >= 11 is 0. The molecule has 6 heteroatoms. The average Bonchev–Trinajstić information content (AvgIpc) is 3.45. The number of carbonyl (C=O) groups excluding carboxylic acids is 1. The highest BCUT2D eigenvalue weighted by molar-refractivity contribution is 5.97. The largest absolute Gasteiger partial charge is 0.480 e. The number of amides is 1. The van der Waals surface area contributed by atoms with E-state index in [4.69, 9.17) is 9.72 Å². The van der Waals surface area contributed by atoms with Crippen LogP contribution in [0, 0.1) is 0 Å². The number of para-hydroxylation sites is 2. The molecule has 5 rings (SSSR count). The van der Waals surface area contributed by atoms with E-state index >= 15 is 0 Å². The summed E-state index contributed by atoms with van der Waals surface area (Å²) in [5.41, 5.74) is 4.89. The number of aryl methyl sites for hydroxylation is 3. The Morgan fingerprint density at radius 3 is 2.86 bits per heavy atom. The third kappa shape index (κ3) is 2.58. The first-order valence-electron chi connectivity index (χ1n) is 9.96. The summed E-state index contributed by atoms with van der Waals surface area (Å²) in [7, 11) is 3.62. The quantitative estimate of drug-likeness (QED) is 0.703. The van der Waals surface area contributed by atoms with Crippen LogP contribution in [-0.4, -0.2) is 39.0 Å². The van der Waals surface area contributed by atoms with Crippen LogP contribution in [0.4, 0.5) is 0 Å². The molecule has 1 aliphatic carbocycles. The number of hydrogen-bond donors (Lipinski definition) is 0. The fourth-order valence-corrected chi connectivity index (χ4v) is 4.66. The van der Waals surface area contributed by atoms with Crippen LogP contribution < -0.4 is 4.74 Å². The highest BCUT2D eigenvalue weighted by atomic mass is 16.5. The fourth-order valence-electron chi connectivity index (χ4n) is 4.66. The lowest BCUT2D eigenvalue weighted by atomic mass is 10.1. The predicted octanol–water partition coefficient (Wildman–Crippen LogP) is 3.44. The number of pyridine rings is 1. The van der Waals surface area contributed by atoms with Gasteiger partial charge in [-0.3, -0.25) is 4.79 Å². The van der Waals surface area contributed by atoms with Gasteiger partial charge in [0.05, 0.1) is 24.2 Å². The number of ether oxygens (including phenoxy) is 1. The van der Waals surface area contributed by atoms with Gasteiger partial charge in [0.15, 0.2) is 0 Å². The summed E-state index contributed by atoms with van der Waals surface area (Å²) < 4.78 is 7.60. The number of fused-ring (bicyclic) bond motifs is 2. The first-order chi connectivity index (χ1) is 13.7. The zero-order valence-electron chi connectivity index (χ0n) is 16.3. The van der Waals surface area contributed by atoms with Gasteiger partial charge in [-0.1, -0.05) is 12.1 Å². The molecule has 1 atom stereocenters. The smallest absolute Gasteiger partial charge is 0.259 e. The summed E-state index contributed by atoms with van der Waals surface area (Å²) in [6.45, 7) is 0.729. The lowest BCUT2D eigenvalue weighted by molar-refractivity contribution is 0.0724. The van der Waals surface area contributed by atoms with Crippen molar-refractivity contribution in [1.29, 1.82) is 0 Å². The van der Waals surface area contributed by atoms with Gasteiger partial charge in [-0.25, -0.2) is 9.97 Å². The summed E-state index contributed by atoms with van der Waals surface area (Å²) in [6, 6.07) is 10.1. The number of nitrogens with zero attached hydrogens (tertiary/aromatic N) is 4. The van der Waals surface area contributed by atoms with Crippen molar-refractivity contribution in [3.63, 3.8) is 0 Å².